The van der Waals surface area contributed by atoms with Gasteiger partial charge in [-0.25, -0.2) is 4.39 Å². The molecule has 1 unspecified atom stereocenters. The fraction of sp³-hybridized carbons (Fsp3) is 0.500. The molecule has 0 bridgehead atoms. The van der Waals surface area contributed by atoms with Crippen molar-refractivity contribution in [1.29, 1.82) is 0 Å². The highest BCUT2D eigenvalue weighted by Crippen LogP contribution is 2.41. The lowest BCUT2D eigenvalue weighted by atomic mass is 9.92. The summed E-state index contributed by atoms with van der Waals surface area (Å²) in [6.45, 7) is 0. The quantitative estimate of drug-likeness (QED) is 0.556. The predicted molar refractivity (Wildman–Crippen MR) is 76.1 cm³/mol. The summed E-state index contributed by atoms with van der Waals surface area (Å²) in [4.78, 5) is 14.3. The third-order valence-corrected chi connectivity index (χ3v) is 5.04. The molecule has 96 valence electrons. The number of hydrogen-bond donors (Lipinski definition) is 0. The zero-order valence-electron chi connectivity index (χ0n) is 9.98. The Morgan fingerprint density at radius 2 is 1.94 bits per heavy atom. The molecule has 4 heteroatoms. The topological polar surface area (TPSA) is 20.3 Å². The SMILES string of the molecule is O=C1C(I)C[C@@H]2CCC[C@@H](c3ccc(F)cc3)N12. The molecule has 2 heterocycles. The number of carbonyl (C=O) groups excluding carboxylic acids is 1. The molecular formula is C14H15FINO. The van der Waals surface area contributed by atoms with Crippen LogP contribution < -0.4 is 0 Å². The van der Waals surface area contributed by atoms with Crippen molar-refractivity contribution < 1.29 is 9.18 Å². The average molecular weight is 359 g/mol. The number of rotatable bonds is 1. The Hall–Kier alpha value is -0.650. The Bertz CT molecular complexity index is 461. The second-order valence-electron chi connectivity index (χ2n) is 5.10. The Kier molecular flexibility index (Phi) is 3.30. The van der Waals surface area contributed by atoms with Gasteiger partial charge >= 0.3 is 0 Å². The second kappa shape index (κ2) is 4.79. The Balaban J connectivity index is 1.91. The molecule has 2 fully saturated rings. The van der Waals surface area contributed by atoms with E-state index in [4.69, 9.17) is 0 Å². The number of nitrogens with zero attached hydrogens (tertiary/aromatic N) is 1. The van der Waals surface area contributed by atoms with E-state index in [2.05, 4.69) is 22.6 Å². The summed E-state index contributed by atoms with van der Waals surface area (Å²) >= 11 is 2.25. The number of amides is 1. The number of hydrogen-bond acceptors (Lipinski definition) is 1. The fourth-order valence-electron chi connectivity index (χ4n) is 3.16. The standard InChI is InChI=1S/C14H15FINO/c15-10-6-4-9(5-7-10)13-3-1-2-11-8-12(16)14(18)17(11)13/h4-7,11-13H,1-3,8H2/t11-,12?,13-/m0/s1. The van der Waals surface area contributed by atoms with E-state index < -0.39 is 0 Å². The molecule has 2 aliphatic rings. The van der Waals surface area contributed by atoms with E-state index in [9.17, 15) is 9.18 Å². The van der Waals surface area contributed by atoms with E-state index in [0.717, 1.165) is 31.2 Å². The third-order valence-electron chi connectivity index (χ3n) is 4.00. The number of benzene rings is 1. The van der Waals surface area contributed by atoms with Crippen molar-refractivity contribution in [2.45, 2.75) is 41.7 Å². The summed E-state index contributed by atoms with van der Waals surface area (Å²) in [5, 5.41) is 0. The van der Waals surface area contributed by atoms with Crippen LogP contribution >= 0.6 is 22.6 Å². The van der Waals surface area contributed by atoms with Crippen LogP contribution in [0.5, 0.6) is 0 Å². The molecule has 3 rings (SSSR count). The number of piperidine rings is 1. The maximum atomic E-state index is 13.0. The van der Waals surface area contributed by atoms with Gasteiger partial charge in [0.15, 0.2) is 0 Å². The molecule has 0 aromatic heterocycles. The first-order valence-corrected chi connectivity index (χ1v) is 7.63. The summed E-state index contributed by atoms with van der Waals surface area (Å²) in [6.07, 6.45) is 4.23. The van der Waals surface area contributed by atoms with Crippen LogP contribution in [0.15, 0.2) is 24.3 Å². The van der Waals surface area contributed by atoms with Crippen molar-refractivity contribution in [3.8, 4) is 0 Å². The van der Waals surface area contributed by atoms with Gasteiger partial charge < -0.3 is 4.90 Å². The normalized spacial score (nSPS) is 31.6. The molecule has 2 aliphatic heterocycles. The van der Waals surface area contributed by atoms with Gasteiger partial charge in [0.05, 0.1) is 9.97 Å². The molecule has 2 saturated heterocycles. The molecule has 0 N–H and O–H groups in total. The van der Waals surface area contributed by atoms with Crippen LogP contribution in [0.4, 0.5) is 4.39 Å². The summed E-state index contributed by atoms with van der Waals surface area (Å²) in [5.41, 5.74) is 1.07. The minimum absolute atomic E-state index is 0.119. The summed E-state index contributed by atoms with van der Waals surface area (Å²) in [7, 11) is 0. The van der Waals surface area contributed by atoms with Crippen molar-refractivity contribution >= 4 is 28.5 Å². The van der Waals surface area contributed by atoms with E-state index in [-0.39, 0.29) is 21.7 Å². The highest BCUT2D eigenvalue weighted by atomic mass is 127. The fourth-order valence-corrected chi connectivity index (χ4v) is 4.07. The lowest BCUT2D eigenvalue weighted by Gasteiger charge is -2.38. The lowest BCUT2D eigenvalue weighted by Crippen LogP contribution is -2.40. The van der Waals surface area contributed by atoms with Crippen LogP contribution in [0.3, 0.4) is 0 Å². The van der Waals surface area contributed by atoms with Crippen LogP contribution in [0.1, 0.15) is 37.3 Å². The highest BCUT2D eigenvalue weighted by Gasteiger charge is 2.43. The highest BCUT2D eigenvalue weighted by molar-refractivity contribution is 14.1. The molecule has 3 atom stereocenters. The van der Waals surface area contributed by atoms with Gasteiger partial charge in [-0.15, -0.1) is 0 Å². The summed E-state index contributed by atoms with van der Waals surface area (Å²) < 4.78 is 13.1. The molecule has 0 spiro atoms. The van der Waals surface area contributed by atoms with Crippen LogP contribution in [0, 0.1) is 5.82 Å². The molecule has 0 aliphatic carbocycles. The number of fused-ring (bicyclic) bond motifs is 1. The van der Waals surface area contributed by atoms with E-state index >= 15 is 0 Å². The molecule has 2 nitrogen and oxygen atoms in total. The monoisotopic (exact) mass is 359 g/mol. The summed E-state index contributed by atoms with van der Waals surface area (Å²) in [5.74, 6) is 0.0419. The van der Waals surface area contributed by atoms with Crippen molar-refractivity contribution in [1.82, 2.24) is 4.90 Å². The van der Waals surface area contributed by atoms with Gasteiger partial charge in [-0.2, -0.15) is 0 Å². The van der Waals surface area contributed by atoms with Crippen molar-refractivity contribution in [3.63, 3.8) is 0 Å². The average Bonchev–Trinajstić information content (AvgIpc) is 2.66. The van der Waals surface area contributed by atoms with Crippen LogP contribution in [0.25, 0.3) is 0 Å². The van der Waals surface area contributed by atoms with E-state index in [1.165, 1.54) is 12.1 Å². The van der Waals surface area contributed by atoms with Crippen LogP contribution in [0.2, 0.25) is 0 Å². The first kappa shape index (κ1) is 12.4. The maximum Gasteiger partial charge on any atom is 0.236 e. The van der Waals surface area contributed by atoms with Gasteiger partial charge in [0.1, 0.15) is 5.82 Å². The predicted octanol–water partition coefficient (Wildman–Crippen LogP) is 3.46. The van der Waals surface area contributed by atoms with E-state index in [0.29, 0.717) is 6.04 Å². The largest absolute Gasteiger partial charge is 0.332 e. The minimum atomic E-state index is -0.217. The third kappa shape index (κ3) is 2.04. The Morgan fingerprint density at radius 1 is 1.22 bits per heavy atom. The Labute approximate surface area is 120 Å². The molecule has 1 aromatic rings. The van der Waals surface area contributed by atoms with Gasteiger partial charge in [-0.3, -0.25) is 4.79 Å². The van der Waals surface area contributed by atoms with Crippen LogP contribution in [-0.2, 0) is 4.79 Å². The zero-order valence-corrected chi connectivity index (χ0v) is 12.1. The van der Waals surface area contributed by atoms with Crippen molar-refractivity contribution in [3.05, 3.63) is 35.6 Å². The van der Waals surface area contributed by atoms with E-state index in [1.54, 1.807) is 0 Å². The van der Waals surface area contributed by atoms with Gasteiger partial charge in [-0.05, 0) is 43.4 Å². The summed E-state index contributed by atoms with van der Waals surface area (Å²) in [6, 6.07) is 7.15. The molecule has 0 radical (unpaired) electrons. The first-order valence-electron chi connectivity index (χ1n) is 6.38. The molecule has 1 aromatic carbocycles. The minimum Gasteiger partial charge on any atom is -0.332 e. The lowest BCUT2D eigenvalue weighted by molar-refractivity contribution is -0.132. The Morgan fingerprint density at radius 3 is 2.67 bits per heavy atom. The van der Waals surface area contributed by atoms with Gasteiger partial charge in [-0.1, -0.05) is 34.7 Å². The van der Waals surface area contributed by atoms with E-state index in [1.807, 2.05) is 17.0 Å². The molecule has 1 amide bonds. The second-order valence-corrected chi connectivity index (χ2v) is 6.60. The first-order chi connectivity index (χ1) is 8.66. The van der Waals surface area contributed by atoms with Gasteiger partial charge in [0, 0.05) is 6.04 Å². The molecule has 0 saturated carbocycles. The van der Waals surface area contributed by atoms with Crippen LogP contribution in [-0.4, -0.2) is 20.8 Å². The number of alkyl halides is 1. The maximum absolute atomic E-state index is 13.0. The number of halogens is 2. The van der Waals surface area contributed by atoms with Crippen molar-refractivity contribution in [2.75, 3.05) is 0 Å². The van der Waals surface area contributed by atoms with Gasteiger partial charge in [0.2, 0.25) is 5.91 Å². The molecule has 18 heavy (non-hydrogen) atoms. The number of carbonyl (C=O) groups is 1. The smallest absolute Gasteiger partial charge is 0.236 e. The van der Waals surface area contributed by atoms with Gasteiger partial charge in [0.25, 0.3) is 0 Å². The van der Waals surface area contributed by atoms with Crippen molar-refractivity contribution in [2.24, 2.45) is 0 Å². The zero-order chi connectivity index (χ0) is 12.7. The molecular weight excluding hydrogens is 344 g/mol.